The van der Waals surface area contributed by atoms with E-state index in [1.54, 1.807) is 0 Å². The third-order valence-electron chi connectivity index (χ3n) is 4.01. The molecular formula is C15H22O. The van der Waals surface area contributed by atoms with Gasteiger partial charge in [0.25, 0.3) is 0 Å². The maximum atomic E-state index is 9.64. The summed E-state index contributed by atoms with van der Waals surface area (Å²) in [7, 11) is 0. The van der Waals surface area contributed by atoms with Crippen LogP contribution in [0.4, 0.5) is 0 Å². The first-order valence-corrected chi connectivity index (χ1v) is 6.23. The molecule has 2 rings (SSSR count). The smallest absolute Gasteiger partial charge is 0.0545 e. The van der Waals surface area contributed by atoms with Crippen molar-refractivity contribution in [3.05, 3.63) is 34.9 Å². The van der Waals surface area contributed by atoms with Crippen LogP contribution in [0.15, 0.2) is 18.2 Å². The molecule has 1 aliphatic carbocycles. The molecule has 0 radical (unpaired) electrons. The summed E-state index contributed by atoms with van der Waals surface area (Å²) in [6, 6.07) is 6.74. The number of rotatable bonds is 2. The molecule has 2 atom stereocenters. The molecule has 0 aromatic heterocycles. The van der Waals surface area contributed by atoms with E-state index in [1.807, 2.05) is 0 Å². The first-order valence-electron chi connectivity index (χ1n) is 6.23. The molecule has 1 N–H and O–H groups in total. The first-order chi connectivity index (χ1) is 7.48. The van der Waals surface area contributed by atoms with E-state index in [0.29, 0.717) is 5.41 Å². The third-order valence-corrected chi connectivity index (χ3v) is 4.01. The molecule has 0 spiro atoms. The van der Waals surface area contributed by atoms with E-state index in [1.165, 1.54) is 16.7 Å². The van der Waals surface area contributed by atoms with Crippen molar-refractivity contribution in [2.24, 2.45) is 5.41 Å². The highest BCUT2D eigenvalue weighted by Crippen LogP contribution is 2.40. The Hall–Kier alpha value is -0.820. The average molecular weight is 218 g/mol. The molecule has 1 saturated carbocycles. The minimum Gasteiger partial charge on any atom is -0.393 e. The molecule has 1 nitrogen and oxygen atoms in total. The minimum atomic E-state index is -0.0726. The topological polar surface area (TPSA) is 20.2 Å². The molecule has 1 heteroatoms. The maximum Gasteiger partial charge on any atom is 0.0545 e. The lowest BCUT2D eigenvalue weighted by molar-refractivity contribution is 0.163. The van der Waals surface area contributed by atoms with Gasteiger partial charge in [-0.15, -0.1) is 0 Å². The van der Waals surface area contributed by atoms with Gasteiger partial charge in [-0.25, -0.2) is 0 Å². The predicted molar refractivity (Wildman–Crippen MR) is 67.6 cm³/mol. The van der Waals surface area contributed by atoms with Crippen LogP contribution in [0.5, 0.6) is 0 Å². The highest BCUT2D eigenvalue weighted by Gasteiger charge is 2.34. The van der Waals surface area contributed by atoms with Crippen LogP contribution >= 0.6 is 0 Å². The van der Waals surface area contributed by atoms with E-state index >= 15 is 0 Å². The Kier molecular flexibility index (Phi) is 3.07. The van der Waals surface area contributed by atoms with E-state index in [0.717, 1.165) is 25.7 Å². The molecular weight excluding hydrogens is 196 g/mol. The standard InChI is InChI=1S/C15H22O/c1-11-4-5-13(8-12(11)2)9-15(3)7-6-14(16)10-15/h4-5,8,14,16H,6-7,9-10H2,1-3H3. The lowest BCUT2D eigenvalue weighted by Crippen LogP contribution is -2.16. The lowest BCUT2D eigenvalue weighted by atomic mass is 9.81. The summed E-state index contributed by atoms with van der Waals surface area (Å²) in [6.45, 7) is 6.63. The van der Waals surface area contributed by atoms with Crippen molar-refractivity contribution in [1.29, 1.82) is 0 Å². The zero-order valence-electron chi connectivity index (χ0n) is 10.6. The van der Waals surface area contributed by atoms with E-state index in [4.69, 9.17) is 0 Å². The Bertz CT molecular complexity index is 383. The van der Waals surface area contributed by atoms with Gasteiger partial charge in [0.2, 0.25) is 0 Å². The monoisotopic (exact) mass is 218 g/mol. The number of hydrogen-bond acceptors (Lipinski definition) is 1. The van der Waals surface area contributed by atoms with Crippen molar-refractivity contribution >= 4 is 0 Å². The second kappa shape index (κ2) is 4.21. The molecule has 1 aromatic carbocycles. The van der Waals surface area contributed by atoms with Crippen molar-refractivity contribution in [2.75, 3.05) is 0 Å². The molecule has 88 valence electrons. The molecule has 0 heterocycles. The van der Waals surface area contributed by atoms with Crippen LogP contribution in [0.25, 0.3) is 0 Å². The van der Waals surface area contributed by atoms with Crippen molar-refractivity contribution in [3.63, 3.8) is 0 Å². The highest BCUT2D eigenvalue weighted by atomic mass is 16.3. The van der Waals surface area contributed by atoms with Crippen LogP contribution < -0.4 is 0 Å². The highest BCUT2D eigenvalue weighted by molar-refractivity contribution is 5.30. The van der Waals surface area contributed by atoms with Gasteiger partial charge in [-0.2, -0.15) is 0 Å². The van der Waals surface area contributed by atoms with Gasteiger partial charge < -0.3 is 5.11 Å². The molecule has 1 aromatic rings. The average Bonchev–Trinajstić information content (AvgIpc) is 2.52. The van der Waals surface area contributed by atoms with Gasteiger partial charge in [0, 0.05) is 0 Å². The van der Waals surface area contributed by atoms with E-state index in [2.05, 4.69) is 39.0 Å². The van der Waals surface area contributed by atoms with Crippen LogP contribution in [-0.4, -0.2) is 11.2 Å². The fourth-order valence-electron chi connectivity index (χ4n) is 2.85. The summed E-state index contributed by atoms with van der Waals surface area (Å²) in [5, 5.41) is 9.64. The molecule has 16 heavy (non-hydrogen) atoms. The molecule has 0 aliphatic heterocycles. The predicted octanol–water partition coefficient (Wildman–Crippen LogP) is 3.40. The fraction of sp³-hybridized carbons (Fsp3) is 0.600. The largest absolute Gasteiger partial charge is 0.393 e. The van der Waals surface area contributed by atoms with Crippen molar-refractivity contribution in [3.8, 4) is 0 Å². The molecule has 0 saturated heterocycles. The van der Waals surface area contributed by atoms with Gasteiger partial charge in [-0.05, 0) is 61.6 Å². The summed E-state index contributed by atoms with van der Waals surface area (Å²) >= 11 is 0. The number of benzene rings is 1. The summed E-state index contributed by atoms with van der Waals surface area (Å²) in [5.74, 6) is 0. The molecule has 1 fully saturated rings. The van der Waals surface area contributed by atoms with Gasteiger partial charge in [0.05, 0.1) is 6.10 Å². The van der Waals surface area contributed by atoms with E-state index < -0.39 is 0 Å². The van der Waals surface area contributed by atoms with Gasteiger partial charge in [-0.3, -0.25) is 0 Å². The van der Waals surface area contributed by atoms with Crippen LogP contribution in [-0.2, 0) is 6.42 Å². The Labute approximate surface area is 98.5 Å². The normalized spacial score (nSPS) is 29.6. The fourth-order valence-corrected chi connectivity index (χ4v) is 2.85. The number of aliphatic hydroxyl groups excluding tert-OH is 1. The number of hydrogen-bond donors (Lipinski definition) is 1. The minimum absolute atomic E-state index is 0.0726. The zero-order chi connectivity index (χ0) is 11.8. The maximum absolute atomic E-state index is 9.64. The second-order valence-corrected chi connectivity index (χ2v) is 5.80. The molecule has 0 bridgehead atoms. The van der Waals surface area contributed by atoms with Crippen molar-refractivity contribution < 1.29 is 5.11 Å². The Morgan fingerprint density at radius 1 is 1.31 bits per heavy atom. The summed E-state index contributed by atoms with van der Waals surface area (Å²) in [5.41, 5.74) is 4.46. The lowest BCUT2D eigenvalue weighted by Gasteiger charge is -2.24. The Balaban J connectivity index is 2.12. The molecule has 0 amide bonds. The molecule has 1 aliphatic rings. The van der Waals surface area contributed by atoms with Gasteiger partial charge in [0.1, 0.15) is 0 Å². The number of aryl methyl sites for hydroxylation is 2. The SMILES string of the molecule is Cc1ccc(CC2(C)CCC(O)C2)cc1C. The Morgan fingerprint density at radius 2 is 2.06 bits per heavy atom. The zero-order valence-corrected chi connectivity index (χ0v) is 10.6. The van der Waals surface area contributed by atoms with E-state index in [9.17, 15) is 5.11 Å². The summed E-state index contributed by atoms with van der Waals surface area (Å²) < 4.78 is 0. The second-order valence-electron chi connectivity index (χ2n) is 5.80. The van der Waals surface area contributed by atoms with Crippen LogP contribution in [0.2, 0.25) is 0 Å². The van der Waals surface area contributed by atoms with E-state index in [-0.39, 0.29) is 6.10 Å². The van der Waals surface area contributed by atoms with Gasteiger partial charge in [0.15, 0.2) is 0 Å². The number of aliphatic hydroxyl groups is 1. The van der Waals surface area contributed by atoms with Crippen molar-refractivity contribution in [2.45, 2.75) is 52.6 Å². The van der Waals surface area contributed by atoms with Crippen molar-refractivity contribution in [1.82, 2.24) is 0 Å². The van der Waals surface area contributed by atoms with Gasteiger partial charge >= 0.3 is 0 Å². The van der Waals surface area contributed by atoms with Crippen LogP contribution in [0.3, 0.4) is 0 Å². The summed E-state index contributed by atoms with van der Waals surface area (Å²) in [4.78, 5) is 0. The van der Waals surface area contributed by atoms with Crippen LogP contribution in [0, 0.1) is 19.3 Å². The van der Waals surface area contributed by atoms with Gasteiger partial charge in [-0.1, -0.05) is 25.1 Å². The summed E-state index contributed by atoms with van der Waals surface area (Å²) in [6.07, 6.45) is 4.12. The third kappa shape index (κ3) is 2.46. The van der Waals surface area contributed by atoms with Crippen LogP contribution in [0.1, 0.15) is 42.9 Å². The first kappa shape index (κ1) is 11.7. The Morgan fingerprint density at radius 3 is 2.62 bits per heavy atom. The quantitative estimate of drug-likeness (QED) is 0.806. The molecule has 2 unspecified atom stereocenters.